The first kappa shape index (κ1) is 19.1. The third-order valence-electron chi connectivity index (χ3n) is 4.41. The minimum Gasteiger partial charge on any atom is -0.322 e. The van der Waals surface area contributed by atoms with E-state index in [1.54, 1.807) is 24.3 Å². The molecule has 0 bridgehead atoms. The van der Waals surface area contributed by atoms with Crippen molar-refractivity contribution in [2.75, 3.05) is 18.4 Å². The van der Waals surface area contributed by atoms with Crippen LogP contribution in [0.5, 0.6) is 0 Å². The van der Waals surface area contributed by atoms with Crippen LogP contribution in [0.4, 0.5) is 10.1 Å². The van der Waals surface area contributed by atoms with E-state index in [-0.39, 0.29) is 5.56 Å². The second-order valence-corrected chi connectivity index (χ2v) is 8.20. The Labute approximate surface area is 158 Å². The number of nitrogens with zero attached hydrogens (tertiary/aromatic N) is 1. The smallest absolute Gasteiger partial charge is 0.255 e. The molecule has 0 atom stereocenters. The van der Waals surface area contributed by atoms with E-state index in [1.807, 2.05) is 0 Å². The Balaban J connectivity index is 1.88. The Morgan fingerprint density at radius 3 is 2.56 bits per heavy atom. The van der Waals surface area contributed by atoms with Crippen LogP contribution < -0.4 is 5.32 Å². The fourth-order valence-electron chi connectivity index (χ4n) is 2.98. The first-order valence-corrected chi connectivity index (χ1v) is 10.0. The van der Waals surface area contributed by atoms with Gasteiger partial charge in [0.15, 0.2) is 0 Å². The number of hydrogen-bond acceptors (Lipinski definition) is 3. The van der Waals surface area contributed by atoms with Crippen LogP contribution in [-0.2, 0) is 10.0 Å². The minimum absolute atomic E-state index is 0.0538. The van der Waals surface area contributed by atoms with Gasteiger partial charge in [-0.15, -0.1) is 6.42 Å². The summed E-state index contributed by atoms with van der Waals surface area (Å²) in [5.74, 6) is 1.06. The molecule has 0 aromatic heterocycles. The number of anilines is 1. The summed E-state index contributed by atoms with van der Waals surface area (Å²) < 4.78 is 41.0. The largest absolute Gasteiger partial charge is 0.322 e. The third kappa shape index (κ3) is 4.18. The van der Waals surface area contributed by atoms with Crippen molar-refractivity contribution in [3.05, 3.63) is 59.4 Å². The number of hydrogen-bond donors (Lipinski definition) is 1. The molecule has 140 valence electrons. The van der Waals surface area contributed by atoms with Gasteiger partial charge in [0.05, 0.1) is 0 Å². The summed E-state index contributed by atoms with van der Waals surface area (Å²) in [6, 6.07) is 10.0. The van der Waals surface area contributed by atoms with Gasteiger partial charge in [-0.3, -0.25) is 4.79 Å². The molecule has 2 aromatic carbocycles. The molecular weight excluding hydrogens is 367 g/mol. The first-order chi connectivity index (χ1) is 12.9. The summed E-state index contributed by atoms with van der Waals surface area (Å²) in [4.78, 5) is 12.0. The maximum Gasteiger partial charge on any atom is 0.255 e. The number of amides is 1. The molecule has 1 heterocycles. The lowest BCUT2D eigenvalue weighted by molar-refractivity contribution is 0.102. The molecule has 1 amide bonds. The summed E-state index contributed by atoms with van der Waals surface area (Å²) in [6.07, 6.45) is 7.78. The van der Waals surface area contributed by atoms with Crippen LogP contribution in [-0.4, -0.2) is 31.7 Å². The average molecular weight is 386 g/mol. The van der Waals surface area contributed by atoms with E-state index in [1.165, 1.54) is 10.4 Å². The number of nitrogens with one attached hydrogen (secondary N) is 1. The molecule has 1 N–H and O–H groups in total. The second-order valence-electron chi connectivity index (χ2n) is 6.29. The number of benzene rings is 2. The molecule has 0 radical (unpaired) electrons. The number of halogens is 1. The maximum atomic E-state index is 14.2. The van der Waals surface area contributed by atoms with Gasteiger partial charge < -0.3 is 5.32 Å². The van der Waals surface area contributed by atoms with Gasteiger partial charge in [-0.25, -0.2) is 12.8 Å². The van der Waals surface area contributed by atoms with Gasteiger partial charge >= 0.3 is 0 Å². The summed E-state index contributed by atoms with van der Waals surface area (Å²) in [5, 5.41) is 2.65. The zero-order valence-electron chi connectivity index (χ0n) is 14.6. The van der Waals surface area contributed by atoms with Crippen molar-refractivity contribution >= 4 is 21.6 Å². The fraction of sp³-hybridized carbons (Fsp3) is 0.250. The molecule has 0 unspecified atom stereocenters. The summed E-state index contributed by atoms with van der Waals surface area (Å²) in [6.45, 7) is 0.716. The van der Waals surface area contributed by atoms with Crippen molar-refractivity contribution in [3.63, 3.8) is 0 Å². The SMILES string of the molecule is C#Cc1cccc(NC(=O)c2ccc(F)c(S(=O)(=O)N3CCCCC3)c2)c1. The number of sulfonamides is 1. The predicted octanol–water partition coefficient (Wildman–Crippen LogP) is 3.23. The predicted molar refractivity (Wildman–Crippen MR) is 101 cm³/mol. The van der Waals surface area contributed by atoms with Gasteiger partial charge in [0.25, 0.3) is 5.91 Å². The van der Waals surface area contributed by atoms with Gasteiger partial charge in [0.2, 0.25) is 10.0 Å². The number of rotatable bonds is 4. The summed E-state index contributed by atoms with van der Waals surface area (Å²) >= 11 is 0. The van der Waals surface area contributed by atoms with Crippen LogP contribution in [0.1, 0.15) is 35.2 Å². The molecule has 0 saturated carbocycles. The fourth-order valence-corrected chi connectivity index (χ4v) is 4.58. The Morgan fingerprint density at radius 2 is 1.85 bits per heavy atom. The molecule has 1 fully saturated rings. The highest BCUT2D eigenvalue weighted by Crippen LogP contribution is 2.24. The Morgan fingerprint density at radius 1 is 1.11 bits per heavy atom. The number of piperidine rings is 1. The topological polar surface area (TPSA) is 66.5 Å². The van der Waals surface area contributed by atoms with E-state index in [0.717, 1.165) is 31.4 Å². The average Bonchev–Trinajstić information content (AvgIpc) is 2.69. The lowest BCUT2D eigenvalue weighted by Crippen LogP contribution is -2.36. The quantitative estimate of drug-likeness (QED) is 0.821. The molecule has 0 spiro atoms. The Kier molecular flexibility index (Phi) is 5.59. The van der Waals surface area contributed by atoms with Crippen LogP contribution >= 0.6 is 0 Å². The molecule has 7 heteroatoms. The molecular formula is C20H19FN2O3S. The Hall–Kier alpha value is -2.69. The highest BCUT2D eigenvalue weighted by atomic mass is 32.2. The van der Waals surface area contributed by atoms with Gasteiger partial charge in [-0.2, -0.15) is 4.31 Å². The lowest BCUT2D eigenvalue weighted by atomic mass is 10.2. The molecule has 3 rings (SSSR count). The third-order valence-corrected chi connectivity index (χ3v) is 6.33. The zero-order chi connectivity index (χ0) is 19.4. The standard InChI is InChI=1S/C20H19FN2O3S/c1-2-15-7-6-8-17(13-15)22-20(24)16-9-10-18(21)19(14-16)27(25,26)23-11-4-3-5-12-23/h1,6-10,13-14H,3-5,11-12H2,(H,22,24). The molecule has 5 nitrogen and oxygen atoms in total. The normalized spacial score (nSPS) is 15.1. The van der Waals surface area contributed by atoms with Crippen molar-refractivity contribution in [1.29, 1.82) is 0 Å². The lowest BCUT2D eigenvalue weighted by Gasteiger charge is -2.26. The summed E-state index contributed by atoms with van der Waals surface area (Å²) in [7, 11) is -3.98. The van der Waals surface area contributed by atoms with Crippen molar-refractivity contribution in [1.82, 2.24) is 4.31 Å². The number of carbonyl (C=O) groups is 1. The van der Waals surface area contributed by atoms with E-state index in [2.05, 4.69) is 11.2 Å². The van der Waals surface area contributed by atoms with Crippen LogP contribution in [0, 0.1) is 18.2 Å². The van der Waals surface area contributed by atoms with Crippen LogP contribution in [0.15, 0.2) is 47.4 Å². The molecule has 2 aromatic rings. The molecule has 27 heavy (non-hydrogen) atoms. The van der Waals surface area contributed by atoms with E-state index in [0.29, 0.717) is 24.3 Å². The molecule has 1 saturated heterocycles. The van der Waals surface area contributed by atoms with E-state index in [9.17, 15) is 17.6 Å². The zero-order valence-corrected chi connectivity index (χ0v) is 15.4. The maximum absolute atomic E-state index is 14.2. The monoisotopic (exact) mass is 386 g/mol. The highest BCUT2D eigenvalue weighted by Gasteiger charge is 2.29. The van der Waals surface area contributed by atoms with Crippen LogP contribution in [0.2, 0.25) is 0 Å². The molecule has 1 aliphatic rings. The number of carbonyl (C=O) groups excluding carboxylic acids is 1. The molecule has 1 aliphatic heterocycles. The summed E-state index contributed by atoms with van der Waals surface area (Å²) in [5.41, 5.74) is 1.12. The Bertz CT molecular complexity index is 1010. The minimum atomic E-state index is -3.98. The van der Waals surface area contributed by atoms with Crippen LogP contribution in [0.3, 0.4) is 0 Å². The second kappa shape index (κ2) is 7.91. The van der Waals surface area contributed by atoms with Crippen molar-refractivity contribution < 1.29 is 17.6 Å². The van der Waals surface area contributed by atoms with E-state index >= 15 is 0 Å². The van der Waals surface area contributed by atoms with Gasteiger partial charge in [-0.05, 0) is 49.2 Å². The van der Waals surface area contributed by atoms with Gasteiger partial charge in [0, 0.05) is 29.9 Å². The van der Waals surface area contributed by atoms with Crippen LogP contribution in [0.25, 0.3) is 0 Å². The van der Waals surface area contributed by atoms with Crippen molar-refractivity contribution in [2.45, 2.75) is 24.2 Å². The van der Waals surface area contributed by atoms with E-state index < -0.39 is 26.6 Å². The van der Waals surface area contributed by atoms with Gasteiger partial charge in [-0.1, -0.05) is 18.4 Å². The van der Waals surface area contributed by atoms with Crippen molar-refractivity contribution in [3.8, 4) is 12.3 Å². The molecule has 0 aliphatic carbocycles. The van der Waals surface area contributed by atoms with Crippen molar-refractivity contribution in [2.24, 2.45) is 0 Å². The van der Waals surface area contributed by atoms with Gasteiger partial charge in [0.1, 0.15) is 10.7 Å². The highest BCUT2D eigenvalue weighted by molar-refractivity contribution is 7.89. The van der Waals surface area contributed by atoms with E-state index in [4.69, 9.17) is 6.42 Å². The number of terminal acetylenes is 1. The first-order valence-electron chi connectivity index (χ1n) is 8.59.